The molecule has 0 saturated heterocycles. The molecule has 56 valence electrons. The second kappa shape index (κ2) is 3.93. The second-order valence-corrected chi connectivity index (χ2v) is 2.27. The van der Waals surface area contributed by atoms with Crippen LogP contribution in [-0.4, -0.2) is 17.8 Å². The van der Waals surface area contributed by atoms with E-state index in [1.54, 1.807) is 6.21 Å². The summed E-state index contributed by atoms with van der Waals surface area (Å²) in [7, 11) is 0. The molecule has 0 atom stereocenters. The molecule has 1 rings (SSSR count). The minimum Gasteiger partial charge on any atom is -0.279 e. The zero-order chi connectivity index (χ0) is 7.23. The lowest BCUT2D eigenvalue weighted by Gasteiger charge is -2.19. The number of nitrogens with zero attached hydrogens (tertiary/aromatic N) is 2. The summed E-state index contributed by atoms with van der Waals surface area (Å²) in [5, 5.41) is 5.85. The van der Waals surface area contributed by atoms with E-state index in [-0.39, 0.29) is 0 Å². The number of unbranched alkanes of at least 4 members (excludes halogenated alkanes) is 1. The molecule has 1 heterocycles. The third-order valence-electron chi connectivity index (χ3n) is 1.37. The third-order valence-corrected chi connectivity index (χ3v) is 1.37. The minimum atomic E-state index is 1.03. The fraction of sp³-hybridized carbons (Fsp3) is 0.571. The first-order chi connectivity index (χ1) is 4.93. The standard InChI is InChI=1S/C7H13N3/c1-2-3-6-10-7-4-5-8-9-10/h4-5,7,9H,2-3,6H2,1H3. The summed E-state index contributed by atoms with van der Waals surface area (Å²) in [6.45, 7) is 3.21. The van der Waals surface area contributed by atoms with Gasteiger partial charge in [0.1, 0.15) is 0 Å². The fourth-order valence-corrected chi connectivity index (χ4v) is 0.779. The van der Waals surface area contributed by atoms with Crippen LogP contribution in [0.2, 0.25) is 0 Å². The highest BCUT2D eigenvalue weighted by Gasteiger charge is 1.95. The fourth-order valence-electron chi connectivity index (χ4n) is 0.779. The molecule has 0 aromatic rings. The van der Waals surface area contributed by atoms with Gasteiger partial charge in [-0.2, -0.15) is 5.10 Å². The van der Waals surface area contributed by atoms with E-state index < -0.39 is 0 Å². The van der Waals surface area contributed by atoms with Gasteiger partial charge in [-0.05, 0) is 12.5 Å². The molecule has 0 fully saturated rings. The van der Waals surface area contributed by atoms with Crippen molar-refractivity contribution in [2.24, 2.45) is 5.10 Å². The highest BCUT2D eigenvalue weighted by Crippen LogP contribution is 1.93. The van der Waals surface area contributed by atoms with Crippen molar-refractivity contribution in [1.82, 2.24) is 10.5 Å². The lowest BCUT2D eigenvalue weighted by molar-refractivity contribution is 0.270. The van der Waals surface area contributed by atoms with Crippen LogP contribution in [0.5, 0.6) is 0 Å². The Labute approximate surface area is 61.4 Å². The van der Waals surface area contributed by atoms with E-state index in [4.69, 9.17) is 0 Å². The number of allylic oxidation sites excluding steroid dienone is 1. The molecule has 1 aliphatic heterocycles. The average Bonchev–Trinajstić information content (AvgIpc) is 2.03. The topological polar surface area (TPSA) is 27.6 Å². The highest BCUT2D eigenvalue weighted by atomic mass is 15.6. The van der Waals surface area contributed by atoms with Crippen molar-refractivity contribution in [3.8, 4) is 0 Å². The molecule has 10 heavy (non-hydrogen) atoms. The highest BCUT2D eigenvalue weighted by molar-refractivity contribution is 5.70. The van der Waals surface area contributed by atoms with Crippen LogP contribution in [0.4, 0.5) is 0 Å². The van der Waals surface area contributed by atoms with E-state index in [2.05, 4.69) is 17.6 Å². The summed E-state index contributed by atoms with van der Waals surface area (Å²) in [6, 6.07) is 0. The van der Waals surface area contributed by atoms with Crippen LogP contribution in [0.1, 0.15) is 19.8 Å². The molecule has 0 radical (unpaired) electrons. The van der Waals surface area contributed by atoms with Gasteiger partial charge in [-0.25, -0.2) is 5.53 Å². The van der Waals surface area contributed by atoms with Crippen molar-refractivity contribution >= 4 is 6.21 Å². The first-order valence-corrected chi connectivity index (χ1v) is 3.65. The van der Waals surface area contributed by atoms with Crippen molar-refractivity contribution in [3.05, 3.63) is 12.3 Å². The van der Waals surface area contributed by atoms with Gasteiger partial charge in [0.2, 0.25) is 0 Å². The summed E-state index contributed by atoms with van der Waals surface area (Å²) >= 11 is 0. The Kier molecular flexibility index (Phi) is 2.80. The van der Waals surface area contributed by atoms with Gasteiger partial charge in [0, 0.05) is 12.7 Å². The van der Waals surface area contributed by atoms with E-state index in [1.807, 2.05) is 17.3 Å². The second-order valence-electron chi connectivity index (χ2n) is 2.27. The lowest BCUT2D eigenvalue weighted by Crippen LogP contribution is -2.31. The Balaban J connectivity index is 2.17. The number of hydrogen-bond donors (Lipinski definition) is 1. The van der Waals surface area contributed by atoms with Gasteiger partial charge in [-0.1, -0.05) is 13.3 Å². The maximum absolute atomic E-state index is 3.88. The molecule has 1 N–H and O–H groups in total. The normalized spacial score (nSPS) is 15.5. The van der Waals surface area contributed by atoms with Crippen molar-refractivity contribution < 1.29 is 0 Å². The quantitative estimate of drug-likeness (QED) is 0.634. The number of hydrazone groups is 1. The number of nitrogens with one attached hydrogen (secondary N) is 1. The molecule has 0 aromatic carbocycles. The largest absolute Gasteiger partial charge is 0.279 e. The maximum Gasteiger partial charge on any atom is 0.0503 e. The zero-order valence-electron chi connectivity index (χ0n) is 6.25. The Morgan fingerprint density at radius 2 is 2.50 bits per heavy atom. The molecular weight excluding hydrogens is 126 g/mol. The molecule has 3 nitrogen and oxygen atoms in total. The molecule has 0 aliphatic carbocycles. The molecule has 0 aromatic heterocycles. The maximum atomic E-state index is 3.88. The average molecular weight is 139 g/mol. The summed E-state index contributed by atoms with van der Waals surface area (Å²) in [5.41, 5.74) is 2.87. The van der Waals surface area contributed by atoms with Gasteiger partial charge >= 0.3 is 0 Å². The van der Waals surface area contributed by atoms with E-state index in [0.717, 1.165) is 6.54 Å². The molecule has 1 aliphatic rings. The van der Waals surface area contributed by atoms with Gasteiger partial charge in [-0.3, -0.25) is 5.01 Å². The Morgan fingerprint density at radius 1 is 1.60 bits per heavy atom. The molecule has 0 unspecified atom stereocenters. The number of rotatable bonds is 3. The Bertz CT molecular complexity index is 140. The Hall–Kier alpha value is -0.990. The summed E-state index contributed by atoms with van der Waals surface area (Å²) in [4.78, 5) is 0. The summed E-state index contributed by atoms with van der Waals surface area (Å²) in [6.07, 6.45) is 8.07. The lowest BCUT2D eigenvalue weighted by atomic mass is 10.3. The molecule has 0 saturated carbocycles. The van der Waals surface area contributed by atoms with Crippen molar-refractivity contribution in [1.29, 1.82) is 0 Å². The van der Waals surface area contributed by atoms with E-state index in [0.29, 0.717) is 0 Å². The van der Waals surface area contributed by atoms with Crippen molar-refractivity contribution in [3.63, 3.8) is 0 Å². The third kappa shape index (κ3) is 2.09. The van der Waals surface area contributed by atoms with Crippen LogP contribution in [-0.2, 0) is 0 Å². The first kappa shape index (κ1) is 7.12. The van der Waals surface area contributed by atoms with Gasteiger partial charge in [0.15, 0.2) is 0 Å². The molecule has 0 amide bonds. The van der Waals surface area contributed by atoms with Crippen LogP contribution in [0.3, 0.4) is 0 Å². The van der Waals surface area contributed by atoms with Crippen LogP contribution in [0.15, 0.2) is 17.4 Å². The van der Waals surface area contributed by atoms with E-state index in [1.165, 1.54) is 12.8 Å². The molecular formula is C7H13N3. The van der Waals surface area contributed by atoms with Crippen LogP contribution >= 0.6 is 0 Å². The van der Waals surface area contributed by atoms with Crippen LogP contribution in [0, 0.1) is 0 Å². The first-order valence-electron chi connectivity index (χ1n) is 3.65. The smallest absolute Gasteiger partial charge is 0.0503 e. The predicted octanol–water partition coefficient (Wildman–Crippen LogP) is 1.11. The van der Waals surface area contributed by atoms with Crippen molar-refractivity contribution in [2.45, 2.75) is 19.8 Å². The van der Waals surface area contributed by atoms with Gasteiger partial charge < -0.3 is 0 Å². The Morgan fingerprint density at radius 3 is 3.10 bits per heavy atom. The van der Waals surface area contributed by atoms with E-state index >= 15 is 0 Å². The van der Waals surface area contributed by atoms with Gasteiger partial charge in [0.05, 0.1) is 6.21 Å². The van der Waals surface area contributed by atoms with Crippen LogP contribution in [0.25, 0.3) is 0 Å². The SMILES string of the molecule is CCCCN1C=CC=NN1. The van der Waals surface area contributed by atoms with Gasteiger partial charge in [-0.15, -0.1) is 0 Å². The number of hydrogen-bond acceptors (Lipinski definition) is 3. The van der Waals surface area contributed by atoms with E-state index in [9.17, 15) is 0 Å². The number of hydrazine groups is 1. The zero-order valence-corrected chi connectivity index (χ0v) is 6.25. The predicted molar refractivity (Wildman–Crippen MR) is 42.4 cm³/mol. The minimum absolute atomic E-state index is 1.03. The molecule has 0 spiro atoms. The summed E-state index contributed by atoms with van der Waals surface area (Å²) < 4.78 is 0. The molecule has 3 heteroatoms. The van der Waals surface area contributed by atoms with Gasteiger partial charge in [0.25, 0.3) is 0 Å². The monoisotopic (exact) mass is 139 g/mol. The molecule has 0 bridgehead atoms. The summed E-state index contributed by atoms with van der Waals surface area (Å²) in [5.74, 6) is 0. The van der Waals surface area contributed by atoms with Crippen molar-refractivity contribution in [2.75, 3.05) is 6.54 Å². The van der Waals surface area contributed by atoms with Crippen LogP contribution < -0.4 is 5.53 Å².